The van der Waals surface area contributed by atoms with Crippen LogP contribution in [0.5, 0.6) is 0 Å². The number of carbonyl (C=O) groups is 1. The van der Waals surface area contributed by atoms with Crippen molar-refractivity contribution >= 4 is 11.7 Å². The average Bonchev–Trinajstić information content (AvgIpc) is 2.46. The molecule has 0 aromatic heterocycles. The predicted molar refractivity (Wildman–Crippen MR) is 81.0 cm³/mol. The quantitative estimate of drug-likeness (QED) is 0.882. The summed E-state index contributed by atoms with van der Waals surface area (Å²) >= 11 is 0. The average molecular weight is 280 g/mol. The molecule has 0 radical (unpaired) electrons. The van der Waals surface area contributed by atoms with E-state index in [4.69, 9.17) is 10.4 Å². The van der Waals surface area contributed by atoms with Crippen LogP contribution in [0, 0.1) is 18.3 Å². The molecule has 2 N–H and O–H groups in total. The van der Waals surface area contributed by atoms with Crippen LogP contribution in [-0.2, 0) is 17.8 Å². The van der Waals surface area contributed by atoms with Gasteiger partial charge in [-0.2, -0.15) is 5.26 Å². The van der Waals surface area contributed by atoms with Crippen LogP contribution in [0.2, 0.25) is 0 Å². The Hall–Kier alpha value is -2.80. The molecule has 0 fully saturated rings. The number of carboxylic acid groups (broad SMARTS) is 1. The first-order valence-corrected chi connectivity index (χ1v) is 6.64. The Balaban J connectivity index is 2.22. The van der Waals surface area contributed by atoms with Crippen molar-refractivity contribution in [3.8, 4) is 6.07 Å². The maximum Gasteiger partial charge on any atom is 0.307 e. The Morgan fingerprint density at radius 3 is 2.57 bits per heavy atom. The summed E-state index contributed by atoms with van der Waals surface area (Å²) in [5.41, 5.74) is 4.08. The Labute approximate surface area is 123 Å². The molecule has 0 saturated carbocycles. The second kappa shape index (κ2) is 6.58. The lowest BCUT2D eigenvalue weighted by Gasteiger charge is -2.13. The highest BCUT2D eigenvalue weighted by Crippen LogP contribution is 2.21. The number of nitrogens with one attached hydrogen (secondary N) is 1. The molecular formula is C17H16N2O2. The molecule has 0 aliphatic heterocycles. The zero-order valence-corrected chi connectivity index (χ0v) is 11.8. The molecule has 0 spiro atoms. The Bertz CT molecular complexity index is 702. The van der Waals surface area contributed by atoms with E-state index in [-0.39, 0.29) is 6.42 Å². The van der Waals surface area contributed by atoms with Crippen LogP contribution < -0.4 is 5.32 Å². The second-order valence-corrected chi connectivity index (χ2v) is 4.80. The van der Waals surface area contributed by atoms with Gasteiger partial charge in [0, 0.05) is 6.54 Å². The van der Waals surface area contributed by atoms with Gasteiger partial charge in [0.05, 0.1) is 17.7 Å². The summed E-state index contributed by atoms with van der Waals surface area (Å²) in [6.45, 7) is 2.43. The number of para-hydroxylation sites is 1. The van der Waals surface area contributed by atoms with Crippen LogP contribution in [0.3, 0.4) is 0 Å². The maximum atomic E-state index is 10.9. The molecule has 0 unspecified atom stereocenters. The van der Waals surface area contributed by atoms with Crippen molar-refractivity contribution in [1.82, 2.24) is 0 Å². The van der Waals surface area contributed by atoms with Crippen molar-refractivity contribution in [3.63, 3.8) is 0 Å². The molecule has 2 rings (SSSR count). The molecule has 0 heterocycles. The lowest BCUT2D eigenvalue weighted by molar-refractivity contribution is -0.136. The molecule has 0 aliphatic rings. The van der Waals surface area contributed by atoms with Crippen molar-refractivity contribution in [2.75, 3.05) is 5.32 Å². The third-order valence-electron chi connectivity index (χ3n) is 3.31. The highest BCUT2D eigenvalue weighted by Gasteiger charge is 2.08. The largest absolute Gasteiger partial charge is 0.481 e. The smallest absolute Gasteiger partial charge is 0.307 e. The first-order chi connectivity index (χ1) is 10.1. The first kappa shape index (κ1) is 14.6. The Kier molecular flexibility index (Phi) is 4.57. The summed E-state index contributed by atoms with van der Waals surface area (Å²) in [7, 11) is 0. The van der Waals surface area contributed by atoms with Gasteiger partial charge >= 0.3 is 5.97 Å². The zero-order chi connectivity index (χ0) is 15.2. The third-order valence-corrected chi connectivity index (χ3v) is 3.31. The van der Waals surface area contributed by atoms with E-state index in [1.807, 2.05) is 43.3 Å². The molecule has 0 amide bonds. The summed E-state index contributed by atoms with van der Waals surface area (Å²) in [4.78, 5) is 10.9. The Morgan fingerprint density at radius 1 is 1.19 bits per heavy atom. The van der Waals surface area contributed by atoms with E-state index in [1.165, 1.54) is 0 Å². The standard InChI is InChI=1S/C17H16N2O2/c1-12-5-4-8-14(10-18)17(12)19-11-15-7-3-2-6-13(15)9-16(20)21/h2-8,19H,9,11H2,1H3,(H,20,21). The van der Waals surface area contributed by atoms with Gasteiger partial charge in [0.2, 0.25) is 0 Å². The summed E-state index contributed by atoms with van der Waals surface area (Å²) < 4.78 is 0. The molecule has 21 heavy (non-hydrogen) atoms. The van der Waals surface area contributed by atoms with Crippen LogP contribution in [0.4, 0.5) is 5.69 Å². The molecule has 2 aromatic carbocycles. The second-order valence-electron chi connectivity index (χ2n) is 4.80. The van der Waals surface area contributed by atoms with E-state index >= 15 is 0 Å². The van der Waals surface area contributed by atoms with Crippen LogP contribution in [0.25, 0.3) is 0 Å². The van der Waals surface area contributed by atoms with E-state index in [9.17, 15) is 4.79 Å². The highest BCUT2D eigenvalue weighted by atomic mass is 16.4. The van der Waals surface area contributed by atoms with Crippen LogP contribution >= 0.6 is 0 Å². The van der Waals surface area contributed by atoms with E-state index in [0.29, 0.717) is 12.1 Å². The maximum absolute atomic E-state index is 10.9. The van der Waals surface area contributed by atoms with Crippen molar-refractivity contribution in [2.45, 2.75) is 19.9 Å². The van der Waals surface area contributed by atoms with Crippen LogP contribution in [0.1, 0.15) is 22.3 Å². The molecule has 0 aliphatic carbocycles. The topological polar surface area (TPSA) is 73.1 Å². The molecule has 4 heteroatoms. The van der Waals surface area contributed by atoms with E-state index in [0.717, 1.165) is 22.4 Å². The fraction of sp³-hybridized carbons (Fsp3) is 0.176. The molecule has 4 nitrogen and oxygen atoms in total. The number of aryl methyl sites for hydroxylation is 1. The number of aliphatic carboxylic acids is 1. The van der Waals surface area contributed by atoms with E-state index in [2.05, 4.69) is 11.4 Å². The van der Waals surface area contributed by atoms with Gasteiger partial charge in [0.15, 0.2) is 0 Å². The monoisotopic (exact) mass is 280 g/mol. The minimum atomic E-state index is -0.851. The first-order valence-electron chi connectivity index (χ1n) is 6.64. The number of nitrogens with zero attached hydrogens (tertiary/aromatic N) is 1. The van der Waals surface area contributed by atoms with Crippen molar-refractivity contribution < 1.29 is 9.90 Å². The van der Waals surface area contributed by atoms with E-state index < -0.39 is 5.97 Å². The molecule has 0 saturated heterocycles. The number of benzene rings is 2. The molecule has 0 bridgehead atoms. The summed E-state index contributed by atoms with van der Waals surface area (Å²) in [6.07, 6.45) is -0.00324. The molecular weight excluding hydrogens is 264 g/mol. The van der Waals surface area contributed by atoms with Gasteiger partial charge in [-0.3, -0.25) is 4.79 Å². The van der Waals surface area contributed by atoms with Crippen LogP contribution in [0.15, 0.2) is 42.5 Å². The van der Waals surface area contributed by atoms with Gasteiger partial charge in [0.1, 0.15) is 6.07 Å². The van der Waals surface area contributed by atoms with Gasteiger partial charge in [-0.15, -0.1) is 0 Å². The van der Waals surface area contributed by atoms with Gasteiger partial charge < -0.3 is 10.4 Å². The summed E-state index contributed by atoms with van der Waals surface area (Å²) in [5.74, 6) is -0.851. The lowest BCUT2D eigenvalue weighted by atomic mass is 10.0. The predicted octanol–water partition coefficient (Wildman–Crippen LogP) is 3.11. The van der Waals surface area contributed by atoms with Gasteiger partial charge in [-0.1, -0.05) is 36.4 Å². The number of nitriles is 1. The number of rotatable bonds is 5. The number of hydrogen-bond acceptors (Lipinski definition) is 3. The van der Waals surface area contributed by atoms with Gasteiger partial charge in [0.25, 0.3) is 0 Å². The Morgan fingerprint density at radius 2 is 1.90 bits per heavy atom. The highest BCUT2D eigenvalue weighted by molar-refractivity contribution is 5.71. The SMILES string of the molecule is Cc1cccc(C#N)c1NCc1ccccc1CC(=O)O. The fourth-order valence-electron chi connectivity index (χ4n) is 2.24. The van der Waals surface area contributed by atoms with Crippen LogP contribution in [-0.4, -0.2) is 11.1 Å². The zero-order valence-electron chi connectivity index (χ0n) is 11.8. The molecule has 2 aromatic rings. The minimum Gasteiger partial charge on any atom is -0.481 e. The fourth-order valence-corrected chi connectivity index (χ4v) is 2.24. The van der Waals surface area contributed by atoms with E-state index in [1.54, 1.807) is 6.07 Å². The molecule has 106 valence electrons. The number of hydrogen-bond donors (Lipinski definition) is 2. The minimum absolute atomic E-state index is 0.00324. The third kappa shape index (κ3) is 3.61. The van der Waals surface area contributed by atoms with Crippen molar-refractivity contribution in [3.05, 3.63) is 64.7 Å². The summed E-state index contributed by atoms with van der Waals surface area (Å²) in [6, 6.07) is 15.1. The van der Waals surface area contributed by atoms with Crippen molar-refractivity contribution in [1.29, 1.82) is 5.26 Å². The normalized spacial score (nSPS) is 9.90. The van der Waals surface area contributed by atoms with Gasteiger partial charge in [-0.25, -0.2) is 0 Å². The lowest BCUT2D eigenvalue weighted by Crippen LogP contribution is -2.08. The van der Waals surface area contributed by atoms with Gasteiger partial charge in [-0.05, 0) is 29.7 Å². The molecule has 0 atom stereocenters. The number of anilines is 1. The van der Waals surface area contributed by atoms with Crippen molar-refractivity contribution in [2.24, 2.45) is 0 Å². The number of carboxylic acids is 1. The summed E-state index contributed by atoms with van der Waals surface area (Å²) in [5, 5.41) is 21.3.